The minimum absolute atomic E-state index is 0.271. The summed E-state index contributed by atoms with van der Waals surface area (Å²) < 4.78 is 9.33. The molecule has 1 rings (SSSR count). The first-order chi connectivity index (χ1) is 9.22. The van der Waals surface area contributed by atoms with E-state index in [2.05, 4.69) is 10.1 Å². The molecule has 1 unspecified atom stereocenters. The molecule has 116 valence electrons. The smallest absolute Gasteiger partial charge is 0.333 e. The lowest BCUT2D eigenvalue weighted by atomic mass is 10.2. The highest BCUT2D eigenvalue weighted by atomic mass is 16.5. The van der Waals surface area contributed by atoms with Crippen molar-refractivity contribution in [1.82, 2.24) is 10.2 Å². The summed E-state index contributed by atoms with van der Waals surface area (Å²) in [5, 5.41) is 2.62. The predicted octanol–water partition coefficient (Wildman–Crippen LogP) is -0.0624. The molecule has 1 fully saturated rings. The summed E-state index contributed by atoms with van der Waals surface area (Å²) in [4.78, 5) is 33.9. The second-order valence-corrected chi connectivity index (χ2v) is 5.25. The third kappa shape index (κ3) is 7.08. The number of carbonyl (C=O) groups excluding carboxylic acids is 3. The van der Waals surface area contributed by atoms with Crippen molar-refractivity contribution in [2.24, 2.45) is 0 Å². The molecule has 0 aliphatic carbocycles. The van der Waals surface area contributed by atoms with Gasteiger partial charge in [-0.05, 0) is 34.7 Å². The Hall–Kier alpha value is -1.63. The standard InChI is InChI=1S/C8H14N2O3.C5H10O2/c1-3-13-8(12)6-7(11)9-4-5-10(6)2;1-5(2,3)7-4-6/h6H,3-5H2,1-2H3,(H,9,11);4H,1-3H3. The van der Waals surface area contributed by atoms with Crippen LogP contribution in [0.4, 0.5) is 0 Å². The number of carbonyl (C=O) groups is 3. The molecule has 20 heavy (non-hydrogen) atoms. The molecule has 1 heterocycles. The van der Waals surface area contributed by atoms with Crippen LogP contribution in [0.1, 0.15) is 27.7 Å². The molecule has 0 aromatic carbocycles. The lowest BCUT2D eigenvalue weighted by molar-refractivity contribution is -0.154. The summed E-state index contributed by atoms with van der Waals surface area (Å²) in [6, 6.07) is -0.770. The summed E-state index contributed by atoms with van der Waals surface area (Å²) in [6.07, 6.45) is 0. The van der Waals surface area contributed by atoms with Crippen LogP contribution in [0.25, 0.3) is 0 Å². The lowest BCUT2D eigenvalue weighted by Gasteiger charge is -2.29. The number of rotatable bonds is 3. The maximum atomic E-state index is 11.3. The third-order valence-electron chi connectivity index (χ3n) is 2.36. The molecule has 1 aliphatic rings. The van der Waals surface area contributed by atoms with Gasteiger partial charge < -0.3 is 14.8 Å². The van der Waals surface area contributed by atoms with Crippen molar-refractivity contribution in [2.45, 2.75) is 39.3 Å². The topological polar surface area (TPSA) is 84.9 Å². The molecule has 1 aliphatic heterocycles. The Morgan fingerprint density at radius 3 is 2.45 bits per heavy atom. The fraction of sp³-hybridized carbons (Fsp3) is 0.769. The monoisotopic (exact) mass is 288 g/mol. The maximum Gasteiger partial charge on any atom is 0.333 e. The molecule has 1 N–H and O–H groups in total. The minimum Gasteiger partial charge on any atom is -0.464 e. The Morgan fingerprint density at radius 1 is 1.50 bits per heavy atom. The van der Waals surface area contributed by atoms with Crippen molar-refractivity contribution in [2.75, 3.05) is 26.7 Å². The number of likely N-dealkylation sites (N-methyl/N-ethyl adjacent to an activating group) is 1. The van der Waals surface area contributed by atoms with E-state index in [1.807, 2.05) is 20.8 Å². The van der Waals surface area contributed by atoms with Crippen molar-refractivity contribution in [3.05, 3.63) is 0 Å². The van der Waals surface area contributed by atoms with Crippen molar-refractivity contribution in [3.63, 3.8) is 0 Å². The van der Waals surface area contributed by atoms with Gasteiger partial charge in [-0.1, -0.05) is 0 Å². The van der Waals surface area contributed by atoms with Crippen molar-refractivity contribution in [3.8, 4) is 0 Å². The van der Waals surface area contributed by atoms with Gasteiger partial charge in [0.25, 0.3) is 6.47 Å². The fourth-order valence-corrected chi connectivity index (χ4v) is 1.43. The zero-order valence-electron chi connectivity index (χ0n) is 12.8. The SMILES string of the molecule is CC(C)(C)OC=O.CCOC(=O)C1C(=O)NCCN1C. The summed E-state index contributed by atoms with van der Waals surface area (Å²) in [7, 11) is 1.74. The van der Waals surface area contributed by atoms with E-state index in [0.717, 1.165) is 0 Å². The van der Waals surface area contributed by atoms with E-state index >= 15 is 0 Å². The Balaban J connectivity index is 0.000000441. The van der Waals surface area contributed by atoms with Crippen molar-refractivity contribution >= 4 is 18.3 Å². The average Bonchev–Trinajstić information content (AvgIpc) is 2.28. The van der Waals surface area contributed by atoms with Gasteiger partial charge in [0.05, 0.1) is 6.61 Å². The van der Waals surface area contributed by atoms with Crippen LogP contribution in [-0.2, 0) is 23.9 Å². The Kier molecular flexibility index (Phi) is 7.83. The molecule has 1 amide bonds. The van der Waals surface area contributed by atoms with Gasteiger partial charge in [0.1, 0.15) is 5.60 Å². The number of hydrogen-bond acceptors (Lipinski definition) is 6. The van der Waals surface area contributed by atoms with Gasteiger partial charge in [0.15, 0.2) is 6.04 Å². The van der Waals surface area contributed by atoms with Crippen LogP contribution in [0.2, 0.25) is 0 Å². The van der Waals surface area contributed by atoms with Gasteiger partial charge in [-0.2, -0.15) is 0 Å². The average molecular weight is 288 g/mol. The molecule has 7 heteroatoms. The van der Waals surface area contributed by atoms with E-state index in [-0.39, 0.29) is 11.5 Å². The number of ether oxygens (including phenoxy) is 2. The van der Waals surface area contributed by atoms with Crippen LogP contribution in [-0.4, -0.2) is 61.6 Å². The molecule has 1 saturated heterocycles. The summed E-state index contributed by atoms with van der Waals surface area (Å²) in [5.74, 6) is -0.741. The van der Waals surface area contributed by atoms with Gasteiger partial charge in [0.2, 0.25) is 5.91 Å². The summed E-state index contributed by atoms with van der Waals surface area (Å²) in [5.41, 5.74) is -0.318. The molecule has 0 saturated carbocycles. The van der Waals surface area contributed by atoms with Gasteiger partial charge in [0, 0.05) is 13.1 Å². The first kappa shape index (κ1) is 18.4. The highest BCUT2D eigenvalue weighted by Crippen LogP contribution is 2.03. The van der Waals surface area contributed by atoms with Gasteiger partial charge in [-0.3, -0.25) is 14.5 Å². The molecular weight excluding hydrogens is 264 g/mol. The number of piperazine rings is 1. The van der Waals surface area contributed by atoms with E-state index in [9.17, 15) is 14.4 Å². The molecule has 7 nitrogen and oxygen atoms in total. The van der Waals surface area contributed by atoms with E-state index < -0.39 is 12.0 Å². The minimum atomic E-state index is -0.770. The number of nitrogens with one attached hydrogen (secondary N) is 1. The lowest BCUT2D eigenvalue weighted by Crippen LogP contribution is -2.57. The van der Waals surface area contributed by atoms with Crippen LogP contribution < -0.4 is 5.32 Å². The maximum absolute atomic E-state index is 11.3. The number of hydrogen-bond donors (Lipinski definition) is 1. The zero-order chi connectivity index (χ0) is 15.8. The Labute approximate surface area is 119 Å². The van der Waals surface area contributed by atoms with Crippen LogP contribution in [0.5, 0.6) is 0 Å². The number of nitrogens with zero attached hydrogens (tertiary/aromatic N) is 1. The van der Waals surface area contributed by atoms with Crippen molar-refractivity contribution < 1.29 is 23.9 Å². The number of amides is 1. The quantitative estimate of drug-likeness (QED) is 0.445. The van der Waals surface area contributed by atoms with Gasteiger partial charge >= 0.3 is 5.97 Å². The molecule has 1 atom stereocenters. The molecule has 0 spiro atoms. The Morgan fingerprint density at radius 2 is 2.10 bits per heavy atom. The molecule has 0 bridgehead atoms. The van der Waals surface area contributed by atoms with Crippen LogP contribution in [0.15, 0.2) is 0 Å². The summed E-state index contributed by atoms with van der Waals surface area (Å²) in [6.45, 7) is 9.21. The first-order valence-corrected chi connectivity index (χ1v) is 6.49. The van der Waals surface area contributed by atoms with E-state index in [1.54, 1.807) is 18.9 Å². The molecule has 0 radical (unpaired) electrons. The van der Waals surface area contributed by atoms with Gasteiger partial charge in [-0.15, -0.1) is 0 Å². The van der Waals surface area contributed by atoms with Crippen LogP contribution in [0.3, 0.4) is 0 Å². The second kappa shape index (κ2) is 8.52. The van der Waals surface area contributed by atoms with Gasteiger partial charge in [-0.25, -0.2) is 4.79 Å². The number of esters is 1. The zero-order valence-corrected chi connectivity index (χ0v) is 12.8. The second-order valence-electron chi connectivity index (χ2n) is 5.25. The van der Waals surface area contributed by atoms with E-state index in [1.165, 1.54) is 0 Å². The van der Waals surface area contributed by atoms with Crippen LogP contribution >= 0.6 is 0 Å². The van der Waals surface area contributed by atoms with E-state index in [4.69, 9.17) is 4.74 Å². The predicted molar refractivity (Wildman–Crippen MR) is 73.0 cm³/mol. The van der Waals surface area contributed by atoms with E-state index in [0.29, 0.717) is 26.2 Å². The molecular formula is C13H24N2O5. The Bertz CT molecular complexity index is 338. The fourth-order valence-electron chi connectivity index (χ4n) is 1.43. The van der Waals surface area contributed by atoms with Crippen molar-refractivity contribution in [1.29, 1.82) is 0 Å². The molecule has 0 aromatic rings. The highest BCUT2D eigenvalue weighted by Gasteiger charge is 2.34. The highest BCUT2D eigenvalue weighted by molar-refractivity contribution is 6.02. The van der Waals surface area contributed by atoms with Crippen LogP contribution in [0, 0.1) is 0 Å². The largest absolute Gasteiger partial charge is 0.464 e. The first-order valence-electron chi connectivity index (χ1n) is 6.49. The normalized spacial score (nSPS) is 19.2. The third-order valence-corrected chi connectivity index (χ3v) is 2.36. The molecule has 0 aromatic heterocycles. The summed E-state index contributed by atoms with van der Waals surface area (Å²) >= 11 is 0.